The molecule has 4 aliphatic rings. The van der Waals surface area contributed by atoms with E-state index >= 15 is 0 Å². The number of carbonyl (C=O) groups excluding carboxylic acids is 1. The molecule has 0 spiro atoms. The zero-order valence-electron chi connectivity index (χ0n) is 17.0. The van der Waals surface area contributed by atoms with Gasteiger partial charge < -0.3 is 9.84 Å². The molecule has 0 aromatic heterocycles. The van der Waals surface area contributed by atoms with Crippen molar-refractivity contribution in [1.82, 2.24) is 0 Å². The Morgan fingerprint density at radius 3 is 2.67 bits per heavy atom. The number of hydrogen-bond acceptors (Lipinski definition) is 3. The van der Waals surface area contributed by atoms with Gasteiger partial charge in [0.15, 0.2) is 0 Å². The van der Waals surface area contributed by atoms with Gasteiger partial charge in [-0.05, 0) is 74.5 Å². The lowest BCUT2D eigenvalue weighted by Gasteiger charge is -2.58. The van der Waals surface area contributed by atoms with Gasteiger partial charge in [-0.3, -0.25) is 9.59 Å². The highest BCUT2D eigenvalue weighted by Crippen LogP contribution is 2.66. The topological polar surface area (TPSA) is 63.6 Å². The number of aliphatic carboxylic acids is 1. The Balaban J connectivity index is 1.59. The maximum Gasteiger partial charge on any atom is 0.306 e. The van der Waals surface area contributed by atoms with Crippen LogP contribution in [0.2, 0.25) is 0 Å². The van der Waals surface area contributed by atoms with E-state index in [1.54, 1.807) is 0 Å². The van der Waals surface area contributed by atoms with Gasteiger partial charge in [0.1, 0.15) is 6.10 Å². The van der Waals surface area contributed by atoms with E-state index in [0.717, 1.165) is 38.5 Å². The molecule has 0 radical (unpaired) electrons. The summed E-state index contributed by atoms with van der Waals surface area (Å²) in [5.41, 5.74) is 1.67. The summed E-state index contributed by atoms with van der Waals surface area (Å²) in [4.78, 5) is 23.6. The quantitative estimate of drug-likeness (QED) is 0.559. The third kappa shape index (κ3) is 2.86. The fraction of sp³-hybridized carbons (Fsp3) is 0.826. The maximum absolute atomic E-state index is 11.9. The third-order valence-corrected chi connectivity index (χ3v) is 8.88. The van der Waals surface area contributed by atoms with Crippen LogP contribution in [-0.2, 0) is 14.3 Å². The Kier molecular flexibility index (Phi) is 4.67. The fourth-order valence-electron chi connectivity index (χ4n) is 7.40. The first-order chi connectivity index (χ1) is 12.8. The normalized spacial score (nSPS) is 45.9. The molecule has 3 fully saturated rings. The van der Waals surface area contributed by atoms with Gasteiger partial charge in [-0.15, -0.1) is 0 Å². The Bertz CT molecular complexity index is 667. The Morgan fingerprint density at radius 1 is 1.19 bits per heavy atom. The summed E-state index contributed by atoms with van der Waals surface area (Å²) in [6, 6.07) is 0. The molecule has 4 heteroatoms. The van der Waals surface area contributed by atoms with Gasteiger partial charge in [0.25, 0.3) is 0 Å². The zero-order chi connectivity index (χ0) is 19.4. The average Bonchev–Trinajstić information content (AvgIpc) is 2.97. The molecule has 0 aromatic rings. The third-order valence-electron chi connectivity index (χ3n) is 8.88. The Labute approximate surface area is 162 Å². The Hall–Kier alpha value is -1.32. The van der Waals surface area contributed by atoms with Gasteiger partial charge in [0.05, 0.1) is 5.92 Å². The number of esters is 1. The van der Waals surface area contributed by atoms with E-state index < -0.39 is 5.97 Å². The molecule has 0 heterocycles. The minimum absolute atomic E-state index is 0.0454. The number of allylic oxidation sites excluding steroid dienone is 2. The van der Waals surface area contributed by atoms with Crippen molar-refractivity contribution in [3.8, 4) is 0 Å². The second-order valence-electron chi connectivity index (χ2n) is 9.99. The van der Waals surface area contributed by atoms with Crippen molar-refractivity contribution in [3.05, 3.63) is 11.6 Å². The monoisotopic (exact) mass is 374 g/mol. The summed E-state index contributed by atoms with van der Waals surface area (Å²) in [6.45, 7) is 6.56. The highest BCUT2D eigenvalue weighted by Gasteiger charge is 2.60. The average molecular weight is 375 g/mol. The molecule has 0 aromatic carbocycles. The minimum atomic E-state index is -0.637. The first-order valence-electron chi connectivity index (χ1n) is 10.9. The molecule has 0 bridgehead atoms. The summed E-state index contributed by atoms with van der Waals surface area (Å²) >= 11 is 0. The maximum atomic E-state index is 11.9. The van der Waals surface area contributed by atoms with Gasteiger partial charge in [-0.25, -0.2) is 0 Å². The number of carboxylic acids is 1. The fourth-order valence-corrected chi connectivity index (χ4v) is 7.40. The van der Waals surface area contributed by atoms with Crippen LogP contribution < -0.4 is 0 Å². The minimum Gasteiger partial charge on any atom is -0.481 e. The second kappa shape index (κ2) is 6.63. The Morgan fingerprint density at radius 2 is 1.96 bits per heavy atom. The molecule has 7 atom stereocenters. The van der Waals surface area contributed by atoms with Crippen LogP contribution in [-0.4, -0.2) is 23.1 Å². The van der Waals surface area contributed by atoms with Crippen molar-refractivity contribution in [2.75, 3.05) is 0 Å². The van der Waals surface area contributed by atoms with Crippen molar-refractivity contribution < 1.29 is 19.4 Å². The van der Waals surface area contributed by atoms with E-state index in [2.05, 4.69) is 19.9 Å². The van der Waals surface area contributed by atoms with Crippen LogP contribution in [0.15, 0.2) is 11.6 Å². The van der Waals surface area contributed by atoms with Crippen LogP contribution in [0.25, 0.3) is 0 Å². The number of fused-ring (bicyclic) bond motifs is 5. The molecule has 3 saturated carbocycles. The van der Waals surface area contributed by atoms with Crippen LogP contribution in [0, 0.1) is 34.5 Å². The van der Waals surface area contributed by atoms with Crippen molar-refractivity contribution in [1.29, 1.82) is 0 Å². The van der Waals surface area contributed by atoms with Gasteiger partial charge in [-0.2, -0.15) is 0 Å². The van der Waals surface area contributed by atoms with E-state index in [4.69, 9.17) is 4.74 Å². The summed E-state index contributed by atoms with van der Waals surface area (Å²) in [6.07, 6.45) is 11.0. The lowest BCUT2D eigenvalue weighted by Crippen LogP contribution is -2.52. The summed E-state index contributed by atoms with van der Waals surface area (Å²) in [5, 5.41) is 9.59. The van der Waals surface area contributed by atoms with Crippen molar-refractivity contribution in [2.24, 2.45) is 34.5 Å². The summed E-state index contributed by atoms with van der Waals surface area (Å²) in [7, 11) is 0. The number of carbonyl (C=O) groups is 2. The molecule has 1 N–H and O–H groups in total. The summed E-state index contributed by atoms with van der Waals surface area (Å²) in [5.74, 6) is 0.896. The van der Waals surface area contributed by atoms with Crippen LogP contribution in [0.5, 0.6) is 0 Å². The van der Waals surface area contributed by atoms with Crippen molar-refractivity contribution in [3.63, 3.8) is 0 Å². The van der Waals surface area contributed by atoms with E-state index in [1.807, 2.05) is 6.92 Å². The van der Waals surface area contributed by atoms with Gasteiger partial charge >= 0.3 is 11.9 Å². The molecule has 4 rings (SSSR count). The first-order valence-corrected chi connectivity index (χ1v) is 10.9. The number of rotatable bonds is 3. The highest BCUT2D eigenvalue weighted by molar-refractivity contribution is 5.71. The van der Waals surface area contributed by atoms with Crippen molar-refractivity contribution >= 4 is 11.9 Å². The van der Waals surface area contributed by atoms with E-state index in [1.165, 1.54) is 12.0 Å². The van der Waals surface area contributed by atoms with Gasteiger partial charge in [0, 0.05) is 11.8 Å². The molecular formula is C23H34O4. The molecule has 0 saturated heterocycles. The molecule has 0 aliphatic heterocycles. The molecule has 2 unspecified atom stereocenters. The highest BCUT2D eigenvalue weighted by atomic mass is 16.5. The van der Waals surface area contributed by atoms with Gasteiger partial charge in [0.2, 0.25) is 0 Å². The van der Waals surface area contributed by atoms with Crippen LogP contribution in [0.4, 0.5) is 0 Å². The predicted molar refractivity (Wildman–Crippen MR) is 103 cm³/mol. The number of ether oxygens (including phenoxy) is 1. The second-order valence-corrected chi connectivity index (χ2v) is 9.99. The first kappa shape index (κ1) is 19.0. The lowest BCUT2D eigenvalue weighted by molar-refractivity contribution is -0.159. The standard InChI is InChI=1S/C23H34O4/c1-4-20(24)27-19-10-9-17-16-8-7-15-6-5-14(21(25)26)13-23(15,3)18(16)11-12-22(17,19)2/h6,14,16-19H,4-5,7-13H2,1-3H3,(H,25,26)/t14?,16-,17-,18+,19?,22-,23-/m0/s1. The molecule has 4 nitrogen and oxygen atoms in total. The SMILES string of the molecule is CCC(=O)OC1CC[C@H]2[C@@H]3CCC4=CCC(C(=O)O)C[C@]4(C)[C@@H]3CC[C@]12C. The molecule has 150 valence electrons. The lowest BCUT2D eigenvalue weighted by atomic mass is 9.46. The van der Waals surface area contributed by atoms with Crippen LogP contribution in [0.1, 0.15) is 78.6 Å². The molecule has 0 amide bonds. The number of carboxylic acid groups (broad SMARTS) is 1. The summed E-state index contributed by atoms with van der Waals surface area (Å²) < 4.78 is 5.86. The van der Waals surface area contributed by atoms with E-state index in [9.17, 15) is 14.7 Å². The van der Waals surface area contributed by atoms with Gasteiger partial charge in [-0.1, -0.05) is 32.4 Å². The smallest absolute Gasteiger partial charge is 0.306 e. The molecular weight excluding hydrogens is 340 g/mol. The number of hydrogen-bond donors (Lipinski definition) is 1. The van der Waals surface area contributed by atoms with Crippen LogP contribution >= 0.6 is 0 Å². The van der Waals surface area contributed by atoms with E-state index in [0.29, 0.717) is 30.6 Å². The predicted octanol–water partition coefficient (Wildman–Crippen LogP) is 4.97. The zero-order valence-corrected chi connectivity index (χ0v) is 17.0. The molecule has 4 aliphatic carbocycles. The largest absolute Gasteiger partial charge is 0.481 e. The molecule has 27 heavy (non-hydrogen) atoms. The van der Waals surface area contributed by atoms with Crippen molar-refractivity contribution in [2.45, 2.75) is 84.7 Å². The van der Waals surface area contributed by atoms with E-state index in [-0.39, 0.29) is 28.8 Å². The van der Waals surface area contributed by atoms with Crippen LogP contribution in [0.3, 0.4) is 0 Å².